The van der Waals surface area contributed by atoms with E-state index in [2.05, 4.69) is 41.1 Å². The van der Waals surface area contributed by atoms with Gasteiger partial charge in [-0.25, -0.2) is 9.97 Å². The fourth-order valence-electron chi connectivity index (χ4n) is 3.63. The first-order valence-electron chi connectivity index (χ1n) is 9.35. The molecule has 0 unspecified atom stereocenters. The minimum absolute atomic E-state index is 0.0969. The Hall–Kier alpha value is -2.45. The van der Waals surface area contributed by atoms with Crippen molar-refractivity contribution in [2.24, 2.45) is 5.73 Å². The number of hydrogen-bond donors (Lipinski definition) is 3. The molecule has 0 saturated carbocycles. The second-order valence-corrected chi connectivity index (χ2v) is 8.24. The maximum Gasteiger partial charge on any atom is 0.240 e. The molecule has 146 valence electrons. The van der Waals surface area contributed by atoms with Gasteiger partial charge in [0.05, 0.1) is 17.0 Å². The van der Waals surface area contributed by atoms with Crippen molar-refractivity contribution in [3.63, 3.8) is 0 Å². The molecule has 3 aromatic rings. The highest BCUT2D eigenvalue weighted by atomic mass is 79.9. The number of piperidine rings is 1. The number of halogens is 1. The van der Waals surface area contributed by atoms with Crippen LogP contribution in [0.15, 0.2) is 47.3 Å². The van der Waals surface area contributed by atoms with Crippen molar-refractivity contribution in [2.45, 2.75) is 31.3 Å². The lowest BCUT2D eigenvalue weighted by Crippen LogP contribution is -2.60. The number of H-pyrrole nitrogens is 1. The number of hydrogen-bond acceptors (Lipinski definition) is 5. The van der Waals surface area contributed by atoms with Gasteiger partial charge in [0.15, 0.2) is 0 Å². The van der Waals surface area contributed by atoms with Crippen LogP contribution in [0.3, 0.4) is 0 Å². The Bertz CT molecular complexity index is 978. The summed E-state index contributed by atoms with van der Waals surface area (Å²) in [5.74, 6) is 0.786. The Morgan fingerprint density at radius 3 is 2.68 bits per heavy atom. The Morgan fingerprint density at radius 2 is 1.96 bits per heavy atom. The fraction of sp³-hybridized carbons (Fsp3) is 0.350. The molecular weight excluding hydrogens is 420 g/mol. The zero-order chi connectivity index (χ0) is 19.7. The fourth-order valence-corrected chi connectivity index (χ4v) is 3.89. The largest absolute Gasteiger partial charge is 0.356 e. The van der Waals surface area contributed by atoms with Crippen molar-refractivity contribution in [3.8, 4) is 0 Å². The molecule has 0 aliphatic carbocycles. The summed E-state index contributed by atoms with van der Waals surface area (Å²) >= 11 is 3.43. The lowest BCUT2D eigenvalue weighted by atomic mass is 9.87. The molecule has 0 radical (unpaired) electrons. The molecule has 1 fully saturated rings. The minimum atomic E-state index is -0.871. The second-order valence-electron chi connectivity index (χ2n) is 7.33. The Kier molecular flexibility index (Phi) is 5.07. The Balaban J connectivity index is 1.42. The number of benzene rings is 1. The SMILES string of the molecule is C[C@@H](NC(=O)C1(N)CCN(c2ncnc3[nH]ccc23)CC1)c1ccc(Br)cc1. The molecule has 1 atom stereocenters. The zero-order valence-electron chi connectivity index (χ0n) is 15.7. The van der Waals surface area contributed by atoms with E-state index in [9.17, 15) is 4.79 Å². The Labute approximate surface area is 171 Å². The summed E-state index contributed by atoms with van der Waals surface area (Å²) in [6.45, 7) is 3.32. The van der Waals surface area contributed by atoms with Crippen LogP contribution in [-0.4, -0.2) is 39.5 Å². The van der Waals surface area contributed by atoms with E-state index >= 15 is 0 Å². The van der Waals surface area contributed by atoms with Crippen LogP contribution < -0.4 is 16.0 Å². The third-order valence-electron chi connectivity index (χ3n) is 5.46. The number of carbonyl (C=O) groups is 1. The number of aromatic amines is 1. The molecule has 4 rings (SSSR count). The molecule has 1 aromatic carbocycles. The number of nitrogens with two attached hydrogens (primary N) is 1. The van der Waals surface area contributed by atoms with Crippen LogP contribution in [0.4, 0.5) is 5.82 Å². The molecule has 4 N–H and O–H groups in total. The number of anilines is 1. The summed E-state index contributed by atoms with van der Waals surface area (Å²) in [6, 6.07) is 9.81. The number of nitrogens with zero attached hydrogens (tertiary/aromatic N) is 3. The Morgan fingerprint density at radius 1 is 1.25 bits per heavy atom. The van der Waals surface area contributed by atoms with Crippen LogP contribution in [0.1, 0.15) is 31.4 Å². The topological polar surface area (TPSA) is 99.9 Å². The maximum absolute atomic E-state index is 12.9. The van der Waals surface area contributed by atoms with Crippen LogP contribution in [0.25, 0.3) is 11.0 Å². The number of aromatic nitrogens is 3. The second kappa shape index (κ2) is 7.52. The summed E-state index contributed by atoms with van der Waals surface area (Å²) in [6.07, 6.45) is 4.56. The van der Waals surface area contributed by atoms with Gasteiger partial charge in [0.25, 0.3) is 0 Å². The molecule has 1 saturated heterocycles. The van der Waals surface area contributed by atoms with Crippen molar-refractivity contribution in [2.75, 3.05) is 18.0 Å². The van der Waals surface area contributed by atoms with Gasteiger partial charge in [-0.3, -0.25) is 4.79 Å². The quantitative estimate of drug-likeness (QED) is 0.576. The normalized spacial score (nSPS) is 17.5. The van der Waals surface area contributed by atoms with Crippen LogP contribution in [-0.2, 0) is 4.79 Å². The van der Waals surface area contributed by atoms with Crippen molar-refractivity contribution in [3.05, 3.63) is 52.9 Å². The van der Waals surface area contributed by atoms with Gasteiger partial charge in [-0.05, 0) is 43.5 Å². The average Bonchev–Trinajstić information content (AvgIpc) is 3.18. The standard InChI is InChI=1S/C20H23BrN6O/c1-13(14-2-4-15(21)5-3-14)26-19(28)20(22)7-10-27(11-8-20)18-16-6-9-23-17(16)24-12-25-18/h2-6,9,12-13H,7-8,10-11,22H2,1H3,(H,26,28)(H,23,24,25)/t13-/m1/s1. The third kappa shape index (κ3) is 3.62. The summed E-state index contributed by atoms with van der Waals surface area (Å²) in [7, 11) is 0. The van der Waals surface area contributed by atoms with Crippen LogP contribution >= 0.6 is 15.9 Å². The van der Waals surface area contributed by atoms with Gasteiger partial charge in [-0.2, -0.15) is 0 Å². The van der Waals surface area contributed by atoms with E-state index in [4.69, 9.17) is 5.73 Å². The molecular formula is C20H23BrN6O. The predicted molar refractivity (Wildman–Crippen MR) is 113 cm³/mol. The molecule has 0 spiro atoms. The van der Waals surface area contributed by atoms with E-state index in [0.717, 1.165) is 26.9 Å². The molecule has 1 aliphatic rings. The van der Waals surface area contributed by atoms with Gasteiger partial charge in [-0.15, -0.1) is 0 Å². The van der Waals surface area contributed by atoms with E-state index < -0.39 is 5.54 Å². The van der Waals surface area contributed by atoms with Crippen LogP contribution in [0, 0.1) is 0 Å². The average molecular weight is 443 g/mol. The molecule has 0 bridgehead atoms. The highest BCUT2D eigenvalue weighted by Gasteiger charge is 2.38. The van der Waals surface area contributed by atoms with Gasteiger partial charge < -0.3 is 20.9 Å². The monoisotopic (exact) mass is 442 g/mol. The van der Waals surface area contributed by atoms with E-state index in [0.29, 0.717) is 25.9 Å². The highest BCUT2D eigenvalue weighted by molar-refractivity contribution is 9.10. The first-order chi connectivity index (χ1) is 13.5. The zero-order valence-corrected chi connectivity index (χ0v) is 17.2. The van der Waals surface area contributed by atoms with Gasteiger partial charge >= 0.3 is 0 Å². The predicted octanol–water partition coefficient (Wildman–Crippen LogP) is 2.90. The molecule has 1 aliphatic heterocycles. The number of amides is 1. The van der Waals surface area contributed by atoms with E-state index in [1.54, 1.807) is 6.33 Å². The number of fused-ring (bicyclic) bond motifs is 1. The summed E-state index contributed by atoms with van der Waals surface area (Å²) in [4.78, 5) is 26.8. The lowest BCUT2D eigenvalue weighted by molar-refractivity contribution is -0.127. The first kappa shape index (κ1) is 18.9. The van der Waals surface area contributed by atoms with Crippen molar-refractivity contribution in [1.29, 1.82) is 0 Å². The van der Waals surface area contributed by atoms with E-state index in [1.165, 1.54) is 0 Å². The first-order valence-corrected chi connectivity index (χ1v) is 10.1. The van der Waals surface area contributed by atoms with Gasteiger partial charge in [0.1, 0.15) is 17.8 Å². The smallest absolute Gasteiger partial charge is 0.240 e. The number of rotatable bonds is 4. The van der Waals surface area contributed by atoms with Crippen molar-refractivity contribution >= 4 is 38.7 Å². The number of carbonyl (C=O) groups excluding carboxylic acids is 1. The number of nitrogens with one attached hydrogen (secondary N) is 2. The summed E-state index contributed by atoms with van der Waals surface area (Å²) in [5, 5.41) is 4.06. The van der Waals surface area contributed by atoms with E-state index in [-0.39, 0.29) is 11.9 Å². The van der Waals surface area contributed by atoms with Gasteiger partial charge in [0, 0.05) is 23.8 Å². The van der Waals surface area contributed by atoms with Crippen molar-refractivity contribution in [1.82, 2.24) is 20.3 Å². The molecule has 28 heavy (non-hydrogen) atoms. The molecule has 1 amide bonds. The molecule has 2 aromatic heterocycles. The van der Waals surface area contributed by atoms with E-state index in [1.807, 2.05) is 43.5 Å². The molecule has 7 nitrogen and oxygen atoms in total. The summed E-state index contributed by atoms with van der Waals surface area (Å²) < 4.78 is 1.01. The molecule has 8 heteroatoms. The summed E-state index contributed by atoms with van der Waals surface area (Å²) in [5.41, 5.74) is 7.50. The third-order valence-corrected chi connectivity index (χ3v) is 5.99. The van der Waals surface area contributed by atoms with Gasteiger partial charge in [-0.1, -0.05) is 28.1 Å². The highest BCUT2D eigenvalue weighted by Crippen LogP contribution is 2.28. The lowest BCUT2D eigenvalue weighted by Gasteiger charge is -2.39. The van der Waals surface area contributed by atoms with Crippen LogP contribution in [0.5, 0.6) is 0 Å². The maximum atomic E-state index is 12.9. The van der Waals surface area contributed by atoms with Crippen molar-refractivity contribution < 1.29 is 4.79 Å². The van der Waals surface area contributed by atoms with Gasteiger partial charge in [0.2, 0.25) is 5.91 Å². The minimum Gasteiger partial charge on any atom is -0.356 e. The van der Waals surface area contributed by atoms with Crippen LogP contribution in [0.2, 0.25) is 0 Å². The molecule has 3 heterocycles.